The third kappa shape index (κ3) is 9.52. The highest BCUT2D eigenvalue weighted by atomic mass is 16.7. The van der Waals surface area contributed by atoms with Gasteiger partial charge in [-0.1, -0.05) is 13.8 Å². The molecule has 20 heteroatoms. The summed E-state index contributed by atoms with van der Waals surface area (Å²) in [5, 5.41) is 21.2. The van der Waals surface area contributed by atoms with Crippen molar-refractivity contribution in [2.45, 2.75) is 64.5 Å². The quantitative estimate of drug-likeness (QED) is 0.249. The molecule has 0 radical (unpaired) electrons. The first-order chi connectivity index (χ1) is 30.4. The summed E-state index contributed by atoms with van der Waals surface area (Å²) in [6.07, 6.45) is 13.0. The maximum atomic E-state index is 13.5. The van der Waals surface area contributed by atoms with Crippen molar-refractivity contribution >= 4 is 35.6 Å². The normalized spacial score (nSPS) is 20.1. The molecule has 0 saturated carbocycles. The van der Waals surface area contributed by atoms with Crippen LogP contribution in [0.15, 0.2) is 61.4 Å². The molecule has 326 valence electrons. The molecule has 0 spiro atoms. The molecule has 2 atom stereocenters. The first kappa shape index (κ1) is 43.9. The minimum atomic E-state index is -0.612. The molecule has 0 aromatic carbocycles. The second kappa shape index (κ2) is 18.8. The fourth-order valence-electron chi connectivity index (χ4n) is 8.06. The molecule has 63 heavy (non-hydrogen) atoms. The highest BCUT2D eigenvalue weighted by molar-refractivity contribution is 5.91. The van der Waals surface area contributed by atoms with Gasteiger partial charge in [-0.25, -0.2) is 34.9 Å². The number of pyridine rings is 2. The SMILES string of the molecule is CC1(C(=O)N2OCC[C@H]2c2cncc(C#N)c2)CCN(c2nccc(C(N)=O)n2)CC1.COC(=O)c1ccnc(N2CCC(C)(C(=O)N3OCC[C@H]3c3cncc(C#N)c3)CC2)n1. The number of hydrogen-bond acceptors (Lipinski definition) is 17. The number of aromatic nitrogens is 6. The van der Waals surface area contributed by atoms with Crippen molar-refractivity contribution in [1.82, 2.24) is 40.0 Å². The average molecular weight is 858 g/mol. The summed E-state index contributed by atoms with van der Waals surface area (Å²) < 4.78 is 4.73. The molecule has 4 fully saturated rings. The number of esters is 1. The van der Waals surface area contributed by atoms with Gasteiger partial charge in [0.05, 0.1) is 54.4 Å². The van der Waals surface area contributed by atoms with Gasteiger partial charge in [0.1, 0.15) is 17.8 Å². The van der Waals surface area contributed by atoms with Crippen LogP contribution in [0.4, 0.5) is 11.9 Å². The van der Waals surface area contributed by atoms with Crippen molar-refractivity contribution in [2.75, 3.05) is 56.3 Å². The number of rotatable bonds is 8. The molecule has 0 unspecified atom stereocenters. The van der Waals surface area contributed by atoms with Crippen LogP contribution in [0.25, 0.3) is 0 Å². The van der Waals surface area contributed by atoms with Crippen molar-refractivity contribution in [3.05, 3.63) is 95.1 Å². The molecule has 4 aliphatic heterocycles. The highest BCUT2D eigenvalue weighted by Gasteiger charge is 2.46. The van der Waals surface area contributed by atoms with E-state index in [9.17, 15) is 19.2 Å². The maximum Gasteiger partial charge on any atom is 0.356 e. The molecule has 8 rings (SSSR count). The second-order valence-corrected chi connectivity index (χ2v) is 16.2. The molecule has 8 heterocycles. The van der Waals surface area contributed by atoms with E-state index < -0.39 is 22.7 Å². The first-order valence-electron chi connectivity index (χ1n) is 20.5. The molecule has 20 nitrogen and oxygen atoms in total. The van der Waals surface area contributed by atoms with Gasteiger partial charge < -0.3 is 20.3 Å². The van der Waals surface area contributed by atoms with Gasteiger partial charge in [-0.2, -0.15) is 10.5 Å². The monoisotopic (exact) mass is 857 g/mol. The number of ether oxygens (including phenoxy) is 1. The number of carbonyl (C=O) groups is 4. The van der Waals surface area contributed by atoms with E-state index in [2.05, 4.69) is 42.0 Å². The summed E-state index contributed by atoms with van der Waals surface area (Å²) in [4.78, 5) is 90.7. The topological polar surface area (TPSA) is 260 Å². The minimum absolute atomic E-state index is 0.0776. The number of piperidine rings is 2. The van der Waals surface area contributed by atoms with Gasteiger partial charge in [0.15, 0.2) is 5.69 Å². The average Bonchev–Trinajstić information content (AvgIpc) is 4.03. The van der Waals surface area contributed by atoms with Crippen molar-refractivity contribution in [2.24, 2.45) is 16.6 Å². The van der Waals surface area contributed by atoms with Crippen LogP contribution in [-0.4, -0.2) is 110 Å². The number of hydroxylamine groups is 4. The lowest BCUT2D eigenvalue weighted by molar-refractivity contribution is -0.189. The van der Waals surface area contributed by atoms with Gasteiger partial charge in [0.2, 0.25) is 11.9 Å². The molecule has 4 aromatic rings. The van der Waals surface area contributed by atoms with Crippen molar-refractivity contribution < 1.29 is 33.6 Å². The fourth-order valence-corrected chi connectivity index (χ4v) is 8.06. The molecule has 0 aliphatic carbocycles. The Balaban J connectivity index is 0.000000189. The van der Waals surface area contributed by atoms with Crippen LogP contribution in [-0.2, 0) is 24.0 Å². The van der Waals surface area contributed by atoms with Gasteiger partial charge in [-0.05, 0) is 61.1 Å². The van der Waals surface area contributed by atoms with E-state index in [-0.39, 0.29) is 35.3 Å². The van der Waals surface area contributed by atoms with Crippen molar-refractivity contribution in [1.29, 1.82) is 10.5 Å². The van der Waals surface area contributed by atoms with Gasteiger partial charge >= 0.3 is 5.97 Å². The Kier molecular flexibility index (Phi) is 13.1. The number of anilines is 2. The van der Waals surface area contributed by atoms with Crippen LogP contribution < -0.4 is 15.5 Å². The summed E-state index contributed by atoms with van der Waals surface area (Å²) in [6, 6.07) is 10.1. The fraction of sp³-hybridized carbons (Fsp3) is 0.442. The molecule has 3 amide bonds. The number of nitriles is 2. The Morgan fingerprint density at radius 2 is 1.14 bits per heavy atom. The summed E-state index contributed by atoms with van der Waals surface area (Å²) >= 11 is 0. The lowest BCUT2D eigenvalue weighted by Crippen LogP contribution is -2.48. The summed E-state index contributed by atoms with van der Waals surface area (Å²) in [5.74, 6) is -0.404. The van der Waals surface area contributed by atoms with Gasteiger partial charge in [-0.3, -0.25) is 34.0 Å². The van der Waals surface area contributed by atoms with Gasteiger partial charge in [0, 0.05) is 76.2 Å². The molecule has 4 aliphatic rings. The largest absolute Gasteiger partial charge is 0.464 e. The summed E-state index contributed by atoms with van der Waals surface area (Å²) in [6.45, 7) is 7.01. The first-order valence-corrected chi connectivity index (χ1v) is 20.5. The standard InChI is InChI=1S/C22H24N6O4.C21H23N7O3/c1-22(5-8-27(9-6-22)21-25-7-3-17(26-21)19(29)31-2)20(30)28-18(4-10-32-28)16-11-15(12-23)13-24-14-16;1-21(4-7-27(8-5-21)20-25-6-2-16(26-20)18(23)29)19(30)28-17(3-9-31-28)15-10-14(11-22)12-24-13-15/h3,7,11,13-14,18H,4-6,8-10H2,1-2H3;2,6,10,12-13,17H,3-5,7-9H2,1H3,(H2,23,29)/t18-;17-/m00/s1. The number of methoxy groups -OCH3 is 1. The zero-order valence-electron chi connectivity index (χ0n) is 35.2. The Hall–Kier alpha value is -7.16. The van der Waals surface area contributed by atoms with E-state index in [4.69, 9.17) is 30.7 Å². The smallest absolute Gasteiger partial charge is 0.356 e. The van der Waals surface area contributed by atoms with E-state index in [1.54, 1.807) is 24.5 Å². The Bertz CT molecular complexity index is 2440. The number of nitrogens with two attached hydrogens (primary N) is 1. The van der Waals surface area contributed by atoms with Crippen molar-refractivity contribution in [3.63, 3.8) is 0 Å². The summed E-state index contributed by atoms with van der Waals surface area (Å²) in [7, 11) is 1.31. The lowest BCUT2D eigenvalue weighted by atomic mass is 9.79. The molecule has 4 saturated heterocycles. The number of amides is 3. The predicted molar refractivity (Wildman–Crippen MR) is 221 cm³/mol. The van der Waals surface area contributed by atoms with E-state index in [1.165, 1.54) is 54.2 Å². The van der Waals surface area contributed by atoms with Gasteiger partial charge in [-0.15, -0.1) is 0 Å². The third-order valence-corrected chi connectivity index (χ3v) is 12.0. The highest BCUT2D eigenvalue weighted by Crippen LogP contribution is 2.41. The zero-order valence-corrected chi connectivity index (χ0v) is 35.2. The van der Waals surface area contributed by atoms with Gasteiger partial charge in [0.25, 0.3) is 17.7 Å². The summed E-state index contributed by atoms with van der Waals surface area (Å²) in [5.41, 5.74) is 6.95. The number of nitrogens with zero attached hydrogens (tertiary/aromatic N) is 12. The molecule has 0 bridgehead atoms. The van der Waals surface area contributed by atoms with Crippen LogP contribution in [0, 0.1) is 33.5 Å². The van der Waals surface area contributed by atoms with Crippen LogP contribution in [0.2, 0.25) is 0 Å². The molecular weight excluding hydrogens is 811 g/mol. The third-order valence-electron chi connectivity index (χ3n) is 12.0. The number of hydrogen-bond donors (Lipinski definition) is 1. The Morgan fingerprint density at radius 1 is 0.714 bits per heavy atom. The Labute approximate surface area is 363 Å². The molecule has 4 aromatic heterocycles. The van der Waals surface area contributed by atoms with E-state index in [0.717, 1.165) is 11.1 Å². The van der Waals surface area contributed by atoms with Crippen LogP contribution in [0.3, 0.4) is 0 Å². The Morgan fingerprint density at radius 3 is 1.56 bits per heavy atom. The van der Waals surface area contributed by atoms with Crippen LogP contribution in [0.5, 0.6) is 0 Å². The molecular formula is C43H47N13O7. The van der Waals surface area contributed by atoms with Crippen molar-refractivity contribution in [3.8, 4) is 12.1 Å². The van der Waals surface area contributed by atoms with Crippen LogP contribution in [0.1, 0.15) is 108 Å². The maximum absolute atomic E-state index is 13.5. The second-order valence-electron chi connectivity index (χ2n) is 16.2. The predicted octanol–water partition coefficient (Wildman–Crippen LogP) is 3.40. The van der Waals surface area contributed by atoms with E-state index in [1.807, 2.05) is 23.6 Å². The minimum Gasteiger partial charge on any atom is -0.464 e. The number of primary amides is 1. The zero-order chi connectivity index (χ0) is 44.7. The molecule has 2 N–H and O–H groups in total. The van der Waals surface area contributed by atoms with E-state index in [0.29, 0.717) is 101 Å². The lowest BCUT2D eigenvalue weighted by Gasteiger charge is -2.40. The van der Waals surface area contributed by atoms with Crippen LogP contribution >= 0.6 is 0 Å². The van der Waals surface area contributed by atoms with E-state index >= 15 is 0 Å². The number of carbonyl (C=O) groups excluding carboxylic acids is 4.